The number of carbonyl (C=O) groups excluding carboxylic acids is 1. The molecule has 0 unspecified atom stereocenters. The molecular weight excluding hydrogens is 440 g/mol. The minimum Gasteiger partial charge on any atom is -0.493 e. The molecule has 0 radical (unpaired) electrons. The van der Waals surface area contributed by atoms with Crippen LogP contribution in [-0.2, 0) is 17.9 Å². The summed E-state index contributed by atoms with van der Waals surface area (Å²) in [6, 6.07) is 16.2. The maximum atomic E-state index is 12.4. The van der Waals surface area contributed by atoms with E-state index < -0.39 is 0 Å². The van der Waals surface area contributed by atoms with Crippen LogP contribution in [-0.4, -0.2) is 49.1 Å². The van der Waals surface area contributed by atoms with Gasteiger partial charge in [0.05, 0.1) is 14.2 Å². The van der Waals surface area contributed by atoms with Crippen LogP contribution in [0.5, 0.6) is 11.5 Å². The molecule has 0 aliphatic heterocycles. The van der Waals surface area contributed by atoms with E-state index in [4.69, 9.17) is 9.47 Å². The quantitative estimate of drug-likeness (QED) is 0.349. The summed E-state index contributed by atoms with van der Waals surface area (Å²) in [6.07, 6.45) is 7.06. The third kappa shape index (κ3) is 5.88. The topological polar surface area (TPSA) is 79.5 Å². The molecule has 2 N–H and O–H groups in total. The van der Waals surface area contributed by atoms with Gasteiger partial charge < -0.3 is 24.7 Å². The van der Waals surface area contributed by atoms with Crippen LogP contribution in [0.3, 0.4) is 0 Å². The van der Waals surface area contributed by atoms with E-state index in [2.05, 4.69) is 64.6 Å². The lowest BCUT2D eigenvalue weighted by atomic mass is 10.0. The molecule has 0 spiro atoms. The molecule has 7 nitrogen and oxygen atoms in total. The Morgan fingerprint density at radius 1 is 1.00 bits per heavy atom. The number of rotatable bonds is 9. The number of ether oxygens (including phenoxy) is 2. The number of aromatic amines is 1. The van der Waals surface area contributed by atoms with Crippen LogP contribution in [0.15, 0.2) is 67.0 Å². The number of methoxy groups -OCH3 is 2. The van der Waals surface area contributed by atoms with Crippen molar-refractivity contribution < 1.29 is 14.3 Å². The van der Waals surface area contributed by atoms with Crippen molar-refractivity contribution in [1.29, 1.82) is 0 Å². The first-order valence-electron chi connectivity index (χ1n) is 11.3. The Morgan fingerprint density at radius 2 is 1.74 bits per heavy atom. The minimum absolute atomic E-state index is 0.185. The van der Waals surface area contributed by atoms with Gasteiger partial charge >= 0.3 is 0 Å². The van der Waals surface area contributed by atoms with E-state index in [9.17, 15) is 4.79 Å². The van der Waals surface area contributed by atoms with Crippen molar-refractivity contribution in [2.75, 3.05) is 28.3 Å². The van der Waals surface area contributed by atoms with E-state index in [0.29, 0.717) is 18.0 Å². The number of nitrogens with one attached hydrogen (secondary N) is 2. The molecule has 2 heterocycles. The van der Waals surface area contributed by atoms with Crippen molar-refractivity contribution in [3.8, 4) is 22.6 Å². The summed E-state index contributed by atoms with van der Waals surface area (Å²) in [4.78, 5) is 22.3. The van der Waals surface area contributed by atoms with Crippen LogP contribution in [0.1, 0.15) is 16.7 Å². The number of aromatic nitrogens is 2. The van der Waals surface area contributed by atoms with Crippen molar-refractivity contribution in [3.63, 3.8) is 0 Å². The van der Waals surface area contributed by atoms with Gasteiger partial charge in [0.2, 0.25) is 5.91 Å². The SMILES string of the molecule is COc1ccc(CNC(=O)/C=C/c2c[nH]c3ncc(-c4ccc(CN(C)C)cc4)cc23)cc1OC. The predicted molar refractivity (Wildman–Crippen MR) is 139 cm³/mol. The van der Waals surface area contributed by atoms with E-state index in [1.54, 1.807) is 20.3 Å². The maximum Gasteiger partial charge on any atom is 0.244 e. The highest BCUT2D eigenvalue weighted by atomic mass is 16.5. The van der Waals surface area contributed by atoms with Crippen molar-refractivity contribution in [3.05, 3.63) is 83.7 Å². The highest BCUT2D eigenvalue weighted by Crippen LogP contribution is 2.28. The fraction of sp³-hybridized carbons (Fsp3) is 0.214. The van der Waals surface area contributed by atoms with Crippen LogP contribution in [0.4, 0.5) is 0 Å². The second-order valence-electron chi connectivity index (χ2n) is 8.54. The summed E-state index contributed by atoms with van der Waals surface area (Å²) >= 11 is 0. The number of H-pyrrole nitrogens is 1. The summed E-state index contributed by atoms with van der Waals surface area (Å²) in [7, 11) is 7.30. The van der Waals surface area contributed by atoms with Gasteiger partial charge in [0.15, 0.2) is 11.5 Å². The fourth-order valence-electron chi connectivity index (χ4n) is 3.89. The molecule has 1 amide bonds. The van der Waals surface area contributed by atoms with Crippen LogP contribution < -0.4 is 14.8 Å². The van der Waals surface area contributed by atoms with Crippen LogP contribution in [0.25, 0.3) is 28.2 Å². The van der Waals surface area contributed by atoms with E-state index in [-0.39, 0.29) is 5.91 Å². The average Bonchev–Trinajstić information content (AvgIpc) is 3.28. The molecule has 0 bridgehead atoms. The Morgan fingerprint density at radius 3 is 2.46 bits per heavy atom. The molecule has 35 heavy (non-hydrogen) atoms. The molecule has 0 atom stereocenters. The van der Waals surface area contributed by atoms with Crippen molar-refractivity contribution >= 4 is 23.0 Å². The lowest BCUT2D eigenvalue weighted by molar-refractivity contribution is -0.116. The molecule has 0 aliphatic carbocycles. The second kappa shape index (κ2) is 10.9. The zero-order valence-electron chi connectivity index (χ0n) is 20.5. The van der Waals surface area contributed by atoms with E-state index in [1.165, 1.54) is 11.6 Å². The number of pyridine rings is 1. The van der Waals surface area contributed by atoms with Crippen molar-refractivity contribution in [2.24, 2.45) is 0 Å². The fourth-order valence-corrected chi connectivity index (χ4v) is 3.89. The molecule has 0 aliphatic rings. The number of nitrogens with zero attached hydrogens (tertiary/aromatic N) is 2. The van der Waals surface area contributed by atoms with Gasteiger partial charge in [0.1, 0.15) is 5.65 Å². The largest absolute Gasteiger partial charge is 0.493 e. The monoisotopic (exact) mass is 470 g/mol. The van der Waals surface area contributed by atoms with Gasteiger partial charge in [-0.3, -0.25) is 4.79 Å². The molecule has 0 saturated heterocycles. The van der Waals surface area contributed by atoms with E-state index in [1.807, 2.05) is 30.6 Å². The van der Waals surface area contributed by atoms with Gasteiger partial charge in [-0.15, -0.1) is 0 Å². The number of fused-ring (bicyclic) bond motifs is 1. The van der Waals surface area contributed by atoms with Crippen LogP contribution in [0, 0.1) is 0 Å². The minimum atomic E-state index is -0.185. The number of hydrogen-bond donors (Lipinski definition) is 2. The Kier molecular flexibility index (Phi) is 7.48. The van der Waals surface area contributed by atoms with Crippen molar-refractivity contribution in [1.82, 2.24) is 20.2 Å². The Balaban J connectivity index is 1.45. The van der Waals surface area contributed by atoms with Gasteiger partial charge in [-0.05, 0) is 55.1 Å². The molecule has 180 valence electrons. The Labute approximate surface area is 205 Å². The Bertz CT molecular complexity index is 1340. The predicted octanol–water partition coefficient (Wildman–Crippen LogP) is 4.64. The lowest BCUT2D eigenvalue weighted by Gasteiger charge is -2.10. The number of benzene rings is 2. The standard InChI is InChI=1S/C28H30N4O3/c1-32(2)18-19-5-8-21(9-6-19)23-14-24-22(16-30-28(24)31-17-23)10-12-27(33)29-15-20-7-11-25(34-3)26(13-20)35-4/h5-14,16-17H,15,18H2,1-4H3,(H,29,33)(H,30,31)/b12-10+. The third-order valence-electron chi connectivity index (χ3n) is 5.68. The van der Waals surface area contributed by atoms with Gasteiger partial charge in [-0.25, -0.2) is 4.98 Å². The first kappa shape index (κ1) is 24.0. The van der Waals surface area contributed by atoms with Gasteiger partial charge in [0.25, 0.3) is 0 Å². The number of hydrogen-bond acceptors (Lipinski definition) is 5. The zero-order chi connectivity index (χ0) is 24.8. The molecule has 4 rings (SSSR count). The zero-order valence-corrected chi connectivity index (χ0v) is 20.5. The van der Waals surface area contributed by atoms with Gasteiger partial charge in [0, 0.05) is 48.1 Å². The first-order valence-corrected chi connectivity index (χ1v) is 11.3. The summed E-state index contributed by atoms with van der Waals surface area (Å²) in [5.41, 5.74) is 5.99. The molecule has 2 aromatic carbocycles. The number of amides is 1. The molecule has 2 aromatic heterocycles. The molecule has 4 aromatic rings. The highest BCUT2D eigenvalue weighted by Gasteiger charge is 2.08. The third-order valence-corrected chi connectivity index (χ3v) is 5.68. The first-order chi connectivity index (χ1) is 17.0. The second-order valence-corrected chi connectivity index (χ2v) is 8.54. The summed E-state index contributed by atoms with van der Waals surface area (Å²) in [5.74, 6) is 1.10. The van der Waals surface area contributed by atoms with E-state index >= 15 is 0 Å². The Hall–Kier alpha value is -4.10. The van der Waals surface area contributed by atoms with Crippen LogP contribution >= 0.6 is 0 Å². The average molecular weight is 471 g/mol. The maximum absolute atomic E-state index is 12.4. The molecule has 7 heteroatoms. The lowest BCUT2D eigenvalue weighted by Crippen LogP contribution is -2.20. The molecular formula is C28H30N4O3. The number of carbonyl (C=O) groups is 1. The highest BCUT2D eigenvalue weighted by molar-refractivity contribution is 5.96. The summed E-state index contributed by atoms with van der Waals surface area (Å²) in [5, 5.41) is 3.86. The summed E-state index contributed by atoms with van der Waals surface area (Å²) in [6.45, 7) is 1.28. The van der Waals surface area contributed by atoms with Crippen molar-refractivity contribution in [2.45, 2.75) is 13.1 Å². The molecule has 0 fully saturated rings. The normalized spacial score (nSPS) is 11.3. The van der Waals surface area contributed by atoms with E-state index in [0.717, 1.165) is 39.8 Å². The molecule has 0 saturated carbocycles. The van der Waals surface area contributed by atoms with Crippen LogP contribution in [0.2, 0.25) is 0 Å². The van der Waals surface area contributed by atoms with Gasteiger partial charge in [-0.2, -0.15) is 0 Å². The summed E-state index contributed by atoms with van der Waals surface area (Å²) < 4.78 is 10.6. The smallest absolute Gasteiger partial charge is 0.244 e. The van der Waals surface area contributed by atoms with Gasteiger partial charge in [-0.1, -0.05) is 30.3 Å².